The van der Waals surface area contributed by atoms with Crippen LogP contribution in [0.5, 0.6) is 0 Å². The molecule has 2 saturated carbocycles. The zero-order chi connectivity index (χ0) is 29.4. The molecule has 0 spiro atoms. The summed E-state index contributed by atoms with van der Waals surface area (Å²) in [5.41, 5.74) is 6.74. The Kier molecular flexibility index (Phi) is 6.16. The van der Waals surface area contributed by atoms with Crippen LogP contribution in [-0.4, -0.2) is 45.9 Å². The molecule has 14 heteroatoms. The maximum absolute atomic E-state index is 13.9. The van der Waals surface area contributed by atoms with Crippen LogP contribution in [0, 0.1) is 36.0 Å². The Labute approximate surface area is 242 Å². The smallest absolute Gasteiger partial charge is 0.381 e. The first-order chi connectivity index (χ1) is 20.1. The highest BCUT2D eigenvalue weighted by Crippen LogP contribution is 2.54. The number of pyridine rings is 2. The van der Waals surface area contributed by atoms with Gasteiger partial charge in [0.25, 0.3) is 0 Å². The number of aryl methyl sites for hydroxylation is 1. The Morgan fingerprint density at radius 3 is 2.67 bits per heavy atom. The Morgan fingerprint density at radius 1 is 1.24 bits per heavy atom. The number of anilines is 2. The van der Waals surface area contributed by atoms with E-state index in [1.54, 1.807) is 19.1 Å². The van der Waals surface area contributed by atoms with E-state index in [2.05, 4.69) is 37.6 Å². The number of benzene rings is 1. The molecule has 0 bridgehead atoms. The standard InChI is InChI=1S/C28H25ClF4N8O/c1-13-16(2-3-22(30)36-13)26(21-10-41(40-39-21)27(4-5-27)28(31,32)33)37-15-6-17-23(38-24-18-11-42-12-19(18)24)14(8-34)9-35-25(17)20(29)7-15/h2-3,6-7,9-10,18-19,24,26,37,39-40H,4-5,11-12H2,1H3,(H,35,38)/t18-,19+,24?,26-/m0/s1. The molecule has 4 heterocycles. The van der Waals surface area contributed by atoms with Gasteiger partial charge in [-0.25, -0.2) is 4.98 Å². The molecule has 218 valence electrons. The molecule has 4 aliphatic rings. The second-order valence-electron chi connectivity index (χ2n) is 11.2. The zero-order valence-electron chi connectivity index (χ0n) is 22.2. The lowest BCUT2D eigenvalue weighted by Crippen LogP contribution is -2.52. The number of ether oxygens (including phenoxy) is 1. The SMILES string of the molecule is Cc1nc(F)ccc1[C@H](Nc1cc(Cl)c2ncc(C#N)c(NC3[C@H]4COC[C@@H]34)c2c1)C1=CN(C2(C(F)(F)F)CC2)NN1. The van der Waals surface area contributed by atoms with Gasteiger partial charge in [0.05, 0.1) is 46.7 Å². The molecular weight excluding hydrogens is 576 g/mol. The first-order valence-electron chi connectivity index (χ1n) is 13.5. The van der Waals surface area contributed by atoms with Crippen LogP contribution in [0.4, 0.5) is 28.9 Å². The summed E-state index contributed by atoms with van der Waals surface area (Å²) in [6.07, 6.45) is -1.65. The largest absolute Gasteiger partial charge is 0.413 e. The number of hydrogen-bond donors (Lipinski definition) is 4. The summed E-state index contributed by atoms with van der Waals surface area (Å²) in [6, 6.07) is 7.79. The summed E-state index contributed by atoms with van der Waals surface area (Å²) in [5.74, 6) is 0.0706. The number of aromatic nitrogens is 2. The quantitative estimate of drug-likeness (QED) is 0.218. The van der Waals surface area contributed by atoms with Gasteiger partial charge in [0.15, 0.2) is 5.54 Å². The highest BCUT2D eigenvalue weighted by molar-refractivity contribution is 6.35. The van der Waals surface area contributed by atoms with Crippen molar-refractivity contribution in [3.8, 4) is 6.07 Å². The van der Waals surface area contributed by atoms with Gasteiger partial charge in [-0.1, -0.05) is 17.7 Å². The van der Waals surface area contributed by atoms with Crippen LogP contribution in [0.15, 0.2) is 42.4 Å². The first kappa shape index (κ1) is 27.0. The number of nitriles is 1. The van der Waals surface area contributed by atoms with Crippen molar-refractivity contribution in [3.63, 3.8) is 0 Å². The van der Waals surface area contributed by atoms with Gasteiger partial charge in [0.1, 0.15) is 6.07 Å². The molecule has 9 nitrogen and oxygen atoms in total. The second kappa shape index (κ2) is 9.58. The van der Waals surface area contributed by atoms with Crippen LogP contribution >= 0.6 is 11.6 Å². The molecule has 1 aromatic carbocycles. The van der Waals surface area contributed by atoms with Crippen LogP contribution < -0.4 is 21.6 Å². The number of halogens is 5. The number of nitrogens with zero attached hydrogens (tertiary/aromatic N) is 4. The summed E-state index contributed by atoms with van der Waals surface area (Å²) >= 11 is 6.69. The minimum absolute atomic E-state index is 0.0384. The van der Waals surface area contributed by atoms with Crippen LogP contribution in [0.25, 0.3) is 10.9 Å². The lowest BCUT2D eigenvalue weighted by atomic mass is 10.0. The summed E-state index contributed by atoms with van der Waals surface area (Å²) < 4.78 is 61.0. The van der Waals surface area contributed by atoms with E-state index < -0.39 is 23.7 Å². The third-order valence-corrected chi connectivity index (χ3v) is 8.92. The first-order valence-corrected chi connectivity index (χ1v) is 13.8. The number of hydrazine groups is 2. The molecule has 3 aromatic rings. The maximum Gasteiger partial charge on any atom is 0.413 e. The van der Waals surface area contributed by atoms with Gasteiger partial charge in [-0.05, 0) is 38.0 Å². The highest BCUT2D eigenvalue weighted by Gasteiger charge is 2.67. The molecule has 4 atom stereocenters. The van der Waals surface area contributed by atoms with E-state index in [9.17, 15) is 22.8 Å². The average molecular weight is 601 g/mol. The third kappa shape index (κ3) is 4.36. The Bertz CT molecular complexity index is 1660. The molecule has 7 rings (SSSR count). The van der Waals surface area contributed by atoms with E-state index in [0.29, 0.717) is 74.9 Å². The van der Waals surface area contributed by atoms with E-state index in [1.165, 1.54) is 24.5 Å². The Hall–Kier alpha value is -3.86. The van der Waals surface area contributed by atoms with Gasteiger partial charge < -0.3 is 20.8 Å². The normalized spacial score (nSPS) is 24.5. The summed E-state index contributed by atoms with van der Waals surface area (Å²) in [4.78, 5) is 8.34. The van der Waals surface area contributed by atoms with E-state index in [4.69, 9.17) is 16.3 Å². The fourth-order valence-corrected chi connectivity index (χ4v) is 6.29. The molecule has 4 N–H and O–H groups in total. The van der Waals surface area contributed by atoms with Crippen LogP contribution in [0.3, 0.4) is 0 Å². The number of rotatable bonds is 7. The van der Waals surface area contributed by atoms with E-state index in [1.807, 2.05) is 0 Å². The second-order valence-corrected chi connectivity index (χ2v) is 11.6. The molecule has 2 aromatic heterocycles. The molecule has 2 aliphatic carbocycles. The minimum Gasteiger partial charge on any atom is -0.381 e. The van der Waals surface area contributed by atoms with Gasteiger partial charge >= 0.3 is 6.18 Å². The minimum atomic E-state index is -4.43. The Balaban J connectivity index is 1.28. The fraction of sp³-hybridized carbons (Fsp3) is 0.393. The molecule has 42 heavy (non-hydrogen) atoms. The Morgan fingerprint density at radius 2 is 2.00 bits per heavy atom. The van der Waals surface area contributed by atoms with Crippen molar-refractivity contribution in [1.82, 2.24) is 25.9 Å². The fourth-order valence-electron chi connectivity index (χ4n) is 6.02. The van der Waals surface area contributed by atoms with E-state index >= 15 is 0 Å². The lowest BCUT2D eigenvalue weighted by Gasteiger charge is -2.28. The predicted octanol–water partition coefficient (Wildman–Crippen LogP) is 5.07. The van der Waals surface area contributed by atoms with Crippen LogP contribution in [0.1, 0.15) is 35.7 Å². The van der Waals surface area contributed by atoms with Gasteiger partial charge in [-0.15, -0.1) is 5.53 Å². The van der Waals surface area contributed by atoms with Gasteiger partial charge in [-0.2, -0.15) is 22.8 Å². The maximum atomic E-state index is 13.9. The molecule has 1 saturated heterocycles. The van der Waals surface area contributed by atoms with Gasteiger partial charge in [0, 0.05) is 52.6 Å². The summed E-state index contributed by atoms with van der Waals surface area (Å²) in [6.45, 7) is 2.95. The monoisotopic (exact) mass is 600 g/mol. The van der Waals surface area contributed by atoms with Crippen molar-refractivity contribution in [1.29, 1.82) is 5.26 Å². The van der Waals surface area contributed by atoms with Crippen molar-refractivity contribution in [3.05, 3.63) is 70.2 Å². The molecular formula is C28H25ClF4N8O. The molecule has 0 radical (unpaired) electrons. The summed E-state index contributed by atoms with van der Waals surface area (Å²) in [5, 5.41) is 18.7. The van der Waals surface area contributed by atoms with Crippen molar-refractivity contribution in [2.45, 2.75) is 43.6 Å². The number of hydrogen-bond acceptors (Lipinski definition) is 9. The predicted molar refractivity (Wildman–Crippen MR) is 146 cm³/mol. The highest BCUT2D eigenvalue weighted by atomic mass is 35.5. The van der Waals surface area contributed by atoms with Crippen molar-refractivity contribution in [2.75, 3.05) is 23.8 Å². The molecule has 2 aliphatic heterocycles. The van der Waals surface area contributed by atoms with Crippen LogP contribution in [-0.2, 0) is 4.74 Å². The van der Waals surface area contributed by atoms with Gasteiger partial charge in [0.2, 0.25) is 5.95 Å². The molecule has 0 amide bonds. The average Bonchev–Trinajstić information content (AvgIpc) is 3.73. The number of nitrogens with one attached hydrogen (secondary N) is 4. The van der Waals surface area contributed by atoms with E-state index in [0.717, 1.165) is 5.01 Å². The van der Waals surface area contributed by atoms with E-state index in [-0.39, 0.29) is 18.9 Å². The number of fused-ring (bicyclic) bond motifs is 2. The lowest BCUT2D eigenvalue weighted by molar-refractivity contribution is -0.195. The summed E-state index contributed by atoms with van der Waals surface area (Å²) in [7, 11) is 0. The topological polar surface area (TPSA) is 110 Å². The third-order valence-electron chi connectivity index (χ3n) is 8.64. The molecule has 3 fully saturated rings. The zero-order valence-corrected chi connectivity index (χ0v) is 22.9. The van der Waals surface area contributed by atoms with Crippen molar-refractivity contribution >= 4 is 33.9 Å². The molecule has 1 unspecified atom stereocenters. The van der Waals surface area contributed by atoms with Crippen molar-refractivity contribution < 1.29 is 22.3 Å². The van der Waals surface area contributed by atoms with Crippen LogP contribution in [0.2, 0.25) is 5.02 Å². The van der Waals surface area contributed by atoms with Crippen molar-refractivity contribution in [2.24, 2.45) is 11.8 Å². The number of alkyl halides is 3. The van der Waals surface area contributed by atoms with Gasteiger partial charge in [-0.3, -0.25) is 9.99 Å².